The molecule has 0 radical (unpaired) electrons. The van der Waals surface area contributed by atoms with Crippen LogP contribution < -0.4 is 5.32 Å². The summed E-state index contributed by atoms with van der Waals surface area (Å²) in [6.07, 6.45) is 6.69. The fourth-order valence-electron chi connectivity index (χ4n) is 3.30. The van der Waals surface area contributed by atoms with Crippen molar-refractivity contribution in [1.29, 1.82) is 0 Å². The highest BCUT2D eigenvalue weighted by atomic mass is 32.1. The first-order valence-corrected chi connectivity index (χ1v) is 9.91. The smallest absolute Gasteiger partial charge is 0.104 e. The number of hydrogen-bond donors (Lipinski definition) is 1. The van der Waals surface area contributed by atoms with Gasteiger partial charge >= 0.3 is 0 Å². The van der Waals surface area contributed by atoms with E-state index < -0.39 is 0 Å². The molecule has 3 heteroatoms. The summed E-state index contributed by atoms with van der Waals surface area (Å²) in [5, 5.41) is 3.52. The lowest BCUT2D eigenvalue weighted by Crippen LogP contribution is -2.23. The van der Waals surface area contributed by atoms with Gasteiger partial charge in [-0.15, -0.1) is 11.3 Å². The summed E-state index contributed by atoms with van der Waals surface area (Å²) in [4.78, 5) is 7.47. The Hall–Kier alpha value is -2.13. The van der Waals surface area contributed by atoms with Gasteiger partial charge in [0.25, 0.3) is 0 Å². The average molecular weight is 349 g/mol. The molecule has 0 saturated carbocycles. The molecular weight excluding hydrogens is 324 g/mol. The molecule has 2 nitrogen and oxygen atoms in total. The molecule has 1 aromatic carbocycles. The van der Waals surface area contributed by atoms with Crippen LogP contribution in [0, 0.1) is 5.92 Å². The first-order valence-electron chi connectivity index (χ1n) is 9.10. The fourth-order valence-corrected chi connectivity index (χ4v) is 4.32. The van der Waals surface area contributed by atoms with Gasteiger partial charge in [-0.2, -0.15) is 0 Å². The molecule has 2 aromatic rings. The van der Waals surface area contributed by atoms with Crippen LogP contribution in [0.3, 0.4) is 0 Å². The lowest BCUT2D eigenvalue weighted by molar-refractivity contribution is 0.787. The van der Waals surface area contributed by atoms with E-state index >= 15 is 0 Å². The highest BCUT2D eigenvalue weighted by Crippen LogP contribution is 2.36. The minimum absolute atomic E-state index is 0.294. The molecule has 1 aliphatic carbocycles. The molecule has 0 fully saturated rings. The topological polar surface area (TPSA) is 24.4 Å². The average Bonchev–Trinajstić information content (AvgIpc) is 3.28. The predicted octanol–water partition coefficient (Wildman–Crippen LogP) is 5.67. The van der Waals surface area contributed by atoms with Crippen LogP contribution in [-0.4, -0.2) is 11.9 Å². The lowest BCUT2D eigenvalue weighted by Gasteiger charge is -2.15. The van der Waals surface area contributed by atoms with Gasteiger partial charge in [-0.1, -0.05) is 51.1 Å². The second-order valence-corrected chi connectivity index (χ2v) is 8.10. The normalized spacial score (nSPS) is 19.2. The number of benzene rings is 1. The Morgan fingerprint density at radius 1 is 1.12 bits per heavy atom. The van der Waals surface area contributed by atoms with Crippen LogP contribution in [0.2, 0.25) is 0 Å². The molecule has 2 heterocycles. The number of nitrogens with zero attached hydrogens (tertiary/aromatic N) is 1. The van der Waals surface area contributed by atoms with Crippen LogP contribution in [0.5, 0.6) is 0 Å². The van der Waals surface area contributed by atoms with E-state index in [2.05, 4.69) is 74.6 Å². The third-order valence-electron chi connectivity index (χ3n) is 4.88. The summed E-state index contributed by atoms with van der Waals surface area (Å²) in [7, 11) is 0. The van der Waals surface area contributed by atoms with Gasteiger partial charge in [0.1, 0.15) is 5.84 Å². The molecule has 4 rings (SSSR count). The Labute approximate surface area is 154 Å². The second-order valence-electron chi connectivity index (χ2n) is 7.02. The number of thiophene rings is 1. The lowest BCUT2D eigenvalue weighted by atomic mass is 10.00. The van der Waals surface area contributed by atoms with Crippen LogP contribution in [0.25, 0.3) is 16.0 Å². The minimum Gasteiger partial charge on any atom is -0.345 e. The molecule has 2 aliphatic rings. The zero-order valence-electron chi connectivity index (χ0n) is 15.0. The van der Waals surface area contributed by atoms with Crippen molar-refractivity contribution < 1.29 is 0 Å². The molecule has 1 aliphatic heterocycles. The number of amidine groups is 1. The molecule has 25 heavy (non-hydrogen) atoms. The summed E-state index contributed by atoms with van der Waals surface area (Å²) < 4.78 is 0. The summed E-state index contributed by atoms with van der Waals surface area (Å²) in [6.45, 7) is 6.57. The molecule has 0 amide bonds. The molecule has 1 atom stereocenters. The fraction of sp³-hybridized carbons (Fsp3) is 0.318. The van der Waals surface area contributed by atoms with E-state index in [9.17, 15) is 0 Å². The van der Waals surface area contributed by atoms with Gasteiger partial charge < -0.3 is 5.32 Å². The zero-order chi connectivity index (χ0) is 17.4. The predicted molar refractivity (Wildman–Crippen MR) is 109 cm³/mol. The van der Waals surface area contributed by atoms with Crippen molar-refractivity contribution in [3.63, 3.8) is 0 Å². The van der Waals surface area contributed by atoms with Crippen molar-refractivity contribution >= 4 is 22.7 Å². The third-order valence-corrected chi connectivity index (χ3v) is 6.07. The Morgan fingerprint density at radius 3 is 2.60 bits per heavy atom. The highest BCUT2D eigenvalue weighted by Gasteiger charge is 2.26. The molecule has 128 valence electrons. The summed E-state index contributed by atoms with van der Waals surface area (Å²) in [6, 6.07) is 13.7. The molecule has 0 saturated heterocycles. The summed E-state index contributed by atoms with van der Waals surface area (Å²) in [5.41, 5.74) is 5.27. The first kappa shape index (κ1) is 16.3. The Morgan fingerprint density at radius 2 is 1.88 bits per heavy atom. The molecular formula is C22H24N2S. The third kappa shape index (κ3) is 3.21. The number of nitrogens with one attached hydrogen (secondary N) is 1. The number of aryl methyl sites for hydroxylation is 1. The van der Waals surface area contributed by atoms with Gasteiger partial charge in [0.05, 0.1) is 6.04 Å². The van der Waals surface area contributed by atoms with Crippen molar-refractivity contribution in [3.8, 4) is 10.4 Å². The highest BCUT2D eigenvalue weighted by molar-refractivity contribution is 7.16. The number of hydrogen-bond acceptors (Lipinski definition) is 3. The van der Waals surface area contributed by atoms with E-state index in [4.69, 9.17) is 4.99 Å². The Kier molecular flexibility index (Phi) is 4.34. The van der Waals surface area contributed by atoms with Crippen molar-refractivity contribution in [1.82, 2.24) is 5.32 Å². The van der Waals surface area contributed by atoms with E-state index in [1.807, 2.05) is 11.3 Å². The summed E-state index contributed by atoms with van der Waals surface area (Å²) >= 11 is 1.87. The molecule has 1 unspecified atom stereocenters. The minimum atomic E-state index is 0.294. The first-order chi connectivity index (χ1) is 12.1. The quantitative estimate of drug-likeness (QED) is 0.756. The zero-order valence-corrected chi connectivity index (χ0v) is 15.9. The second kappa shape index (κ2) is 6.64. The summed E-state index contributed by atoms with van der Waals surface area (Å²) in [5.74, 6) is 1.57. The number of aliphatic imine (C=N–C) groups is 1. The van der Waals surface area contributed by atoms with Gasteiger partial charge in [-0.3, -0.25) is 4.99 Å². The van der Waals surface area contributed by atoms with Gasteiger partial charge in [-0.25, -0.2) is 0 Å². The SMILES string of the molecule is CCc1ccc(-c2ccc(C3=CCC4N=C(C(C)C)NC4=C3)s2)cc1. The van der Waals surface area contributed by atoms with Crippen LogP contribution >= 0.6 is 11.3 Å². The van der Waals surface area contributed by atoms with E-state index in [0.29, 0.717) is 12.0 Å². The largest absolute Gasteiger partial charge is 0.345 e. The maximum absolute atomic E-state index is 4.80. The maximum atomic E-state index is 4.80. The Balaban J connectivity index is 1.55. The monoisotopic (exact) mass is 348 g/mol. The van der Waals surface area contributed by atoms with Crippen molar-refractivity contribution in [2.45, 2.75) is 39.7 Å². The van der Waals surface area contributed by atoms with Gasteiger partial charge in [0.15, 0.2) is 0 Å². The standard InChI is InChI=1S/C22H24N2S/c1-4-15-5-7-16(8-6-15)20-11-12-21(25-20)17-9-10-18-19(13-17)24-22(23-18)14(2)3/h5-9,11-14,18H,4,10H2,1-3H3,(H,23,24). The van der Waals surface area contributed by atoms with Gasteiger partial charge in [0.2, 0.25) is 0 Å². The number of rotatable bonds is 4. The molecule has 0 bridgehead atoms. The van der Waals surface area contributed by atoms with Gasteiger partial charge in [0, 0.05) is 21.4 Å². The maximum Gasteiger partial charge on any atom is 0.104 e. The van der Waals surface area contributed by atoms with E-state index in [-0.39, 0.29) is 0 Å². The molecule has 1 aromatic heterocycles. The van der Waals surface area contributed by atoms with Crippen molar-refractivity contribution in [2.24, 2.45) is 10.9 Å². The van der Waals surface area contributed by atoms with Crippen molar-refractivity contribution in [2.75, 3.05) is 0 Å². The van der Waals surface area contributed by atoms with Crippen molar-refractivity contribution in [3.05, 3.63) is 64.7 Å². The van der Waals surface area contributed by atoms with Crippen LogP contribution in [0.15, 0.2) is 59.2 Å². The van der Waals surface area contributed by atoms with Crippen LogP contribution in [-0.2, 0) is 6.42 Å². The number of fused-ring (bicyclic) bond motifs is 1. The van der Waals surface area contributed by atoms with E-state index in [1.165, 1.54) is 32.2 Å². The van der Waals surface area contributed by atoms with E-state index in [0.717, 1.165) is 18.7 Å². The van der Waals surface area contributed by atoms with Crippen LogP contribution in [0.1, 0.15) is 37.6 Å². The molecule has 1 N–H and O–H groups in total. The van der Waals surface area contributed by atoms with Gasteiger partial charge in [-0.05, 0) is 47.8 Å². The van der Waals surface area contributed by atoms with Crippen LogP contribution in [0.4, 0.5) is 0 Å². The number of allylic oxidation sites excluding steroid dienone is 2. The Bertz CT molecular complexity index is 866. The molecule has 0 spiro atoms. The van der Waals surface area contributed by atoms with E-state index in [1.54, 1.807) is 0 Å².